The molecule has 7 heteroatoms. The molecule has 0 bridgehead atoms. The van der Waals surface area contributed by atoms with Crippen LogP contribution in [0.1, 0.15) is 17.4 Å². The van der Waals surface area contributed by atoms with Gasteiger partial charge in [-0.2, -0.15) is 0 Å². The van der Waals surface area contributed by atoms with Crippen LogP contribution in [0.25, 0.3) is 11.0 Å². The Morgan fingerprint density at radius 1 is 1.11 bits per heavy atom. The first kappa shape index (κ1) is 18.6. The minimum Gasteiger partial charge on any atom is -0.395 e. The number of rotatable bonds is 8. The molecule has 0 spiro atoms. The van der Waals surface area contributed by atoms with E-state index >= 15 is 0 Å². The second-order valence-electron chi connectivity index (χ2n) is 6.57. The van der Waals surface area contributed by atoms with E-state index < -0.39 is 6.23 Å². The van der Waals surface area contributed by atoms with Crippen LogP contribution in [0.5, 0.6) is 0 Å². The van der Waals surface area contributed by atoms with Crippen LogP contribution >= 0.6 is 11.3 Å². The standard InChI is InChI=1S/C21H22N4O2S/c26-13-15(12-14-4-2-1-3-5-14)24-20(27)17-8-11-28-21(17)25-18-7-10-23-19-16(18)6-9-22-19/h1-11,15,20,24,26-27H,12-13H2,(H2,22,23,25)/t15-,20?/m1/s1. The van der Waals surface area contributed by atoms with Crippen LogP contribution in [-0.4, -0.2) is 32.8 Å². The predicted octanol–water partition coefficient (Wildman–Crippen LogP) is 3.55. The number of thiophene rings is 1. The summed E-state index contributed by atoms with van der Waals surface area (Å²) in [7, 11) is 0. The van der Waals surface area contributed by atoms with Gasteiger partial charge >= 0.3 is 0 Å². The summed E-state index contributed by atoms with van der Waals surface area (Å²) in [5.41, 5.74) is 3.59. The third-order valence-electron chi connectivity index (χ3n) is 4.64. The number of hydrogen-bond donors (Lipinski definition) is 5. The number of benzene rings is 1. The topological polar surface area (TPSA) is 93.2 Å². The molecule has 0 fully saturated rings. The molecule has 0 aliphatic heterocycles. The molecule has 2 atom stereocenters. The molecule has 1 unspecified atom stereocenters. The quantitative estimate of drug-likeness (QED) is 0.295. The van der Waals surface area contributed by atoms with Crippen LogP contribution in [0.3, 0.4) is 0 Å². The van der Waals surface area contributed by atoms with Crippen molar-refractivity contribution < 1.29 is 10.2 Å². The Hall–Kier alpha value is -2.71. The molecule has 0 saturated heterocycles. The lowest BCUT2D eigenvalue weighted by molar-refractivity contribution is 0.105. The van der Waals surface area contributed by atoms with E-state index in [1.54, 1.807) is 6.20 Å². The number of aromatic amines is 1. The molecule has 0 amide bonds. The third-order valence-corrected chi connectivity index (χ3v) is 5.48. The summed E-state index contributed by atoms with van der Waals surface area (Å²) in [5.74, 6) is 0. The zero-order valence-corrected chi connectivity index (χ0v) is 16.0. The minimum atomic E-state index is -0.891. The molecule has 1 aromatic carbocycles. The molecular weight excluding hydrogens is 372 g/mol. The first-order valence-electron chi connectivity index (χ1n) is 9.10. The number of aromatic nitrogens is 2. The number of aliphatic hydroxyl groups excluding tert-OH is 2. The van der Waals surface area contributed by atoms with Gasteiger partial charge in [-0.1, -0.05) is 30.3 Å². The molecule has 28 heavy (non-hydrogen) atoms. The molecule has 4 rings (SSSR count). The van der Waals surface area contributed by atoms with Crippen LogP contribution in [0.2, 0.25) is 0 Å². The molecule has 0 radical (unpaired) electrons. The number of H-pyrrole nitrogens is 1. The van der Waals surface area contributed by atoms with Crippen molar-refractivity contribution in [2.45, 2.75) is 18.7 Å². The first-order valence-corrected chi connectivity index (χ1v) is 9.98. The molecule has 3 aromatic heterocycles. The van der Waals surface area contributed by atoms with Gasteiger partial charge in [-0.05, 0) is 35.6 Å². The van der Waals surface area contributed by atoms with Gasteiger partial charge in [-0.15, -0.1) is 11.3 Å². The Kier molecular flexibility index (Phi) is 5.68. The molecule has 5 N–H and O–H groups in total. The molecule has 144 valence electrons. The maximum Gasteiger partial charge on any atom is 0.139 e. The monoisotopic (exact) mass is 394 g/mol. The molecule has 0 aliphatic rings. The van der Waals surface area contributed by atoms with Crippen molar-refractivity contribution in [2.75, 3.05) is 11.9 Å². The van der Waals surface area contributed by atoms with Crippen molar-refractivity contribution in [2.24, 2.45) is 0 Å². The molecule has 4 aromatic rings. The number of aliphatic hydroxyl groups is 2. The van der Waals surface area contributed by atoms with Crippen LogP contribution in [-0.2, 0) is 6.42 Å². The molecule has 6 nitrogen and oxygen atoms in total. The fraction of sp³-hybridized carbons (Fsp3) is 0.190. The van der Waals surface area contributed by atoms with Gasteiger partial charge < -0.3 is 20.5 Å². The van der Waals surface area contributed by atoms with Crippen molar-refractivity contribution in [1.82, 2.24) is 15.3 Å². The summed E-state index contributed by atoms with van der Waals surface area (Å²) in [6.45, 7) is -0.0623. The van der Waals surface area contributed by atoms with Gasteiger partial charge in [-0.25, -0.2) is 4.98 Å². The molecular formula is C21H22N4O2S. The summed E-state index contributed by atoms with van der Waals surface area (Å²) in [5, 5.41) is 30.8. The van der Waals surface area contributed by atoms with E-state index in [4.69, 9.17) is 0 Å². The Morgan fingerprint density at radius 3 is 2.79 bits per heavy atom. The number of nitrogens with zero attached hydrogens (tertiary/aromatic N) is 1. The van der Waals surface area contributed by atoms with E-state index in [0.29, 0.717) is 6.42 Å². The summed E-state index contributed by atoms with van der Waals surface area (Å²) in [6, 6.07) is 15.4. The van der Waals surface area contributed by atoms with E-state index in [1.807, 2.05) is 60.1 Å². The van der Waals surface area contributed by atoms with Gasteiger partial charge in [0.2, 0.25) is 0 Å². The average Bonchev–Trinajstić information content (AvgIpc) is 3.38. The van der Waals surface area contributed by atoms with Gasteiger partial charge in [0.25, 0.3) is 0 Å². The minimum absolute atomic E-state index is 0.0623. The number of nitrogens with one attached hydrogen (secondary N) is 3. The normalized spacial score (nSPS) is 13.5. The average molecular weight is 395 g/mol. The van der Waals surface area contributed by atoms with E-state index in [-0.39, 0.29) is 12.6 Å². The van der Waals surface area contributed by atoms with Crippen LogP contribution < -0.4 is 10.6 Å². The van der Waals surface area contributed by atoms with Crippen molar-refractivity contribution in [1.29, 1.82) is 0 Å². The van der Waals surface area contributed by atoms with E-state index in [2.05, 4.69) is 20.6 Å². The number of pyridine rings is 1. The Balaban J connectivity index is 1.49. The molecule has 3 heterocycles. The summed E-state index contributed by atoms with van der Waals surface area (Å²) >= 11 is 1.52. The second kappa shape index (κ2) is 8.53. The number of anilines is 2. The predicted molar refractivity (Wildman–Crippen MR) is 113 cm³/mol. The van der Waals surface area contributed by atoms with Crippen LogP contribution in [0.4, 0.5) is 10.7 Å². The third kappa shape index (κ3) is 4.07. The Bertz CT molecular complexity index is 1030. The zero-order valence-electron chi connectivity index (χ0n) is 15.2. The highest BCUT2D eigenvalue weighted by Crippen LogP contribution is 2.33. The van der Waals surface area contributed by atoms with E-state index in [9.17, 15) is 10.2 Å². The fourth-order valence-electron chi connectivity index (χ4n) is 3.22. The van der Waals surface area contributed by atoms with E-state index in [1.165, 1.54) is 11.3 Å². The highest BCUT2D eigenvalue weighted by Gasteiger charge is 2.19. The van der Waals surface area contributed by atoms with Crippen molar-refractivity contribution in [3.05, 3.63) is 77.4 Å². The zero-order chi connectivity index (χ0) is 19.3. The fourth-order valence-corrected chi connectivity index (χ4v) is 4.05. The number of hydrogen-bond acceptors (Lipinski definition) is 6. The summed E-state index contributed by atoms with van der Waals surface area (Å²) in [4.78, 5) is 7.39. The lowest BCUT2D eigenvalue weighted by Crippen LogP contribution is -2.37. The first-order chi connectivity index (χ1) is 13.7. The van der Waals surface area contributed by atoms with Gasteiger partial charge in [0.15, 0.2) is 0 Å². The van der Waals surface area contributed by atoms with Crippen LogP contribution in [0.15, 0.2) is 66.3 Å². The van der Waals surface area contributed by atoms with Crippen LogP contribution in [0, 0.1) is 0 Å². The van der Waals surface area contributed by atoms with Crippen molar-refractivity contribution in [3.8, 4) is 0 Å². The lowest BCUT2D eigenvalue weighted by atomic mass is 10.1. The van der Waals surface area contributed by atoms with Gasteiger partial charge in [0, 0.05) is 29.4 Å². The van der Waals surface area contributed by atoms with Gasteiger partial charge in [-0.3, -0.25) is 5.32 Å². The lowest BCUT2D eigenvalue weighted by Gasteiger charge is -2.22. The Labute approximate surface area is 166 Å². The summed E-state index contributed by atoms with van der Waals surface area (Å²) in [6.07, 6.45) is 3.34. The highest BCUT2D eigenvalue weighted by molar-refractivity contribution is 7.14. The summed E-state index contributed by atoms with van der Waals surface area (Å²) < 4.78 is 0. The molecule has 0 aliphatic carbocycles. The van der Waals surface area contributed by atoms with E-state index in [0.717, 1.165) is 32.8 Å². The van der Waals surface area contributed by atoms with Gasteiger partial charge in [0.1, 0.15) is 11.9 Å². The maximum absolute atomic E-state index is 10.7. The number of fused-ring (bicyclic) bond motifs is 1. The van der Waals surface area contributed by atoms with Crippen molar-refractivity contribution in [3.63, 3.8) is 0 Å². The van der Waals surface area contributed by atoms with Crippen molar-refractivity contribution >= 4 is 33.1 Å². The highest BCUT2D eigenvalue weighted by atomic mass is 32.1. The Morgan fingerprint density at radius 2 is 1.96 bits per heavy atom. The SMILES string of the molecule is OC[C@@H](Cc1ccccc1)NC(O)c1ccsc1Nc1ccnc2[nH]ccc12. The van der Waals surface area contributed by atoms with Gasteiger partial charge in [0.05, 0.1) is 17.3 Å². The maximum atomic E-state index is 10.7. The smallest absolute Gasteiger partial charge is 0.139 e. The molecule has 0 saturated carbocycles. The largest absolute Gasteiger partial charge is 0.395 e. The second-order valence-corrected chi connectivity index (χ2v) is 7.48.